The molecule has 1 rings (SSSR count). The van der Waals surface area contributed by atoms with Crippen molar-refractivity contribution in [2.75, 3.05) is 0 Å². The lowest BCUT2D eigenvalue weighted by Gasteiger charge is -2.02. The number of halogens is 1. The summed E-state index contributed by atoms with van der Waals surface area (Å²) in [5, 5.41) is 0. The van der Waals surface area contributed by atoms with Gasteiger partial charge in [0.2, 0.25) is 0 Å². The number of hydrogen-bond donors (Lipinski definition) is 0. The van der Waals surface area contributed by atoms with Crippen LogP contribution in [0.15, 0.2) is 24.3 Å². The quantitative estimate of drug-likeness (QED) is 0.581. The first-order chi connectivity index (χ1) is 8.72. The summed E-state index contributed by atoms with van der Waals surface area (Å²) in [6.45, 7) is 2.20. The van der Waals surface area contributed by atoms with Gasteiger partial charge >= 0.3 is 0 Å². The number of unbranched alkanes of at least 4 members (excludes halogenated alkanes) is 5. The number of hydrogen-bond acceptors (Lipinski definition) is 1. The summed E-state index contributed by atoms with van der Waals surface area (Å²) in [6.07, 6.45) is 8.30. The monoisotopic (exact) mass is 250 g/mol. The Labute approximate surface area is 109 Å². The zero-order valence-electron chi connectivity index (χ0n) is 11.3. The highest BCUT2D eigenvalue weighted by molar-refractivity contribution is 5.80. The average Bonchev–Trinajstić information content (AvgIpc) is 2.36. The first kappa shape index (κ1) is 14.9. The molecule has 2 heteroatoms. The van der Waals surface area contributed by atoms with Crippen molar-refractivity contribution in [2.45, 2.75) is 58.3 Å². The zero-order valence-corrected chi connectivity index (χ0v) is 11.3. The Balaban J connectivity index is 2.12. The average molecular weight is 250 g/mol. The highest BCUT2D eigenvalue weighted by atomic mass is 19.1. The molecular formula is C16H23FO. The van der Waals surface area contributed by atoms with Crippen LogP contribution in [0.3, 0.4) is 0 Å². The molecule has 0 saturated carbocycles. The second-order valence-electron chi connectivity index (χ2n) is 4.86. The van der Waals surface area contributed by atoms with E-state index in [2.05, 4.69) is 6.92 Å². The van der Waals surface area contributed by atoms with Gasteiger partial charge in [-0.2, -0.15) is 0 Å². The highest BCUT2D eigenvalue weighted by Gasteiger charge is 2.03. The maximum atomic E-state index is 12.7. The Morgan fingerprint density at radius 1 is 1.00 bits per heavy atom. The van der Waals surface area contributed by atoms with Crippen LogP contribution in [0.5, 0.6) is 0 Å². The first-order valence-corrected chi connectivity index (χ1v) is 6.98. The molecule has 0 unspecified atom stereocenters. The van der Waals surface area contributed by atoms with Crippen LogP contribution < -0.4 is 0 Å². The molecule has 0 spiro atoms. The predicted octanol–water partition coefficient (Wildman–Crippen LogP) is 4.69. The molecule has 0 aliphatic carbocycles. The number of rotatable bonds is 9. The summed E-state index contributed by atoms with van der Waals surface area (Å²) >= 11 is 0. The van der Waals surface area contributed by atoms with E-state index in [1.54, 1.807) is 12.1 Å². The number of ketones is 1. The summed E-state index contributed by atoms with van der Waals surface area (Å²) in [4.78, 5) is 11.7. The lowest BCUT2D eigenvalue weighted by Crippen LogP contribution is -2.02. The van der Waals surface area contributed by atoms with E-state index in [4.69, 9.17) is 0 Å². The van der Waals surface area contributed by atoms with Gasteiger partial charge < -0.3 is 0 Å². The summed E-state index contributed by atoms with van der Waals surface area (Å²) in [5.74, 6) is 0.0132. The summed E-state index contributed by atoms with van der Waals surface area (Å²) in [6, 6.07) is 6.20. The van der Waals surface area contributed by atoms with Gasteiger partial charge in [0.1, 0.15) is 11.6 Å². The number of carbonyl (C=O) groups is 1. The fourth-order valence-electron chi connectivity index (χ4n) is 2.02. The third-order valence-electron chi connectivity index (χ3n) is 3.12. The number of carbonyl (C=O) groups excluding carboxylic acids is 1. The lowest BCUT2D eigenvalue weighted by atomic mass is 10.0. The van der Waals surface area contributed by atoms with Gasteiger partial charge in [-0.05, 0) is 24.1 Å². The fourth-order valence-corrected chi connectivity index (χ4v) is 2.02. The lowest BCUT2D eigenvalue weighted by molar-refractivity contribution is -0.118. The van der Waals surface area contributed by atoms with Crippen LogP contribution in [-0.4, -0.2) is 5.78 Å². The van der Waals surface area contributed by atoms with E-state index in [0.717, 1.165) is 18.4 Å². The van der Waals surface area contributed by atoms with Crippen molar-refractivity contribution in [3.8, 4) is 0 Å². The van der Waals surface area contributed by atoms with E-state index in [0.29, 0.717) is 12.8 Å². The molecule has 0 amide bonds. The maximum Gasteiger partial charge on any atom is 0.137 e. The van der Waals surface area contributed by atoms with Crippen LogP contribution in [0.1, 0.15) is 57.4 Å². The van der Waals surface area contributed by atoms with Crippen molar-refractivity contribution in [1.82, 2.24) is 0 Å². The van der Waals surface area contributed by atoms with Gasteiger partial charge in [-0.3, -0.25) is 4.79 Å². The van der Waals surface area contributed by atoms with E-state index < -0.39 is 0 Å². The molecule has 1 aromatic rings. The topological polar surface area (TPSA) is 17.1 Å². The van der Waals surface area contributed by atoms with Crippen LogP contribution in [0.2, 0.25) is 0 Å². The van der Waals surface area contributed by atoms with Crippen molar-refractivity contribution < 1.29 is 9.18 Å². The highest BCUT2D eigenvalue weighted by Crippen LogP contribution is 2.10. The van der Waals surface area contributed by atoms with Gasteiger partial charge in [0.05, 0.1) is 0 Å². The molecule has 0 radical (unpaired) electrons. The van der Waals surface area contributed by atoms with Gasteiger partial charge in [-0.25, -0.2) is 4.39 Å². The molecule has 0 aliphatic rings. The molecule has 0 aliphatic heterocycles. The van der Waals surface area contributed by atoms with Crippen LogP contribution in [0.25, 0.3) is 0 Å². The largest absolute Gasteiger partial charge is 0.299 e. The summed E-state index contributed by atoms with van der Waals surface area (Å²) in [5.41, 5.74) is 0.910. The predicted molar refractivity (Wildman–Crippen MR) is 73.1 cm³/mol. The molecule has 0 atom stereocenters. The van der Waals surface area contributed by atoms with Crippen LogP contribution in [-0.2, 0) is 11.2 Å². The Kier molecular flexibility index (Phi) is 7.31. The van der Waals surface area contributed by atoms with Gasteiger partial charge in [-0.1, -0.05) is 51.2 Å². The molecular weight excluding hydrogens is 227 g/mol. The number of benzene rings is 1. The van der Waals surface area contributed by atoms with Gasteiger partial charge in [-0.15, -0.1) is 0 Å². The fraction of sp³-hybridized carbons (Fsp3) is 0.562. The van der Waals surface area contributed by atoms with E-state index in [-0.39, 0.29) is 11.6 Å². The molecule has 1 nitrogen and oxygen atoms in total. The standard InChI is InChI=1S/C16H23FO/c1-2-3-4-5-6-7-8-16(18)13-14-9-11-15(17)12-10-14/h9-12H,2-8,13H2,1H3. The summed E-state index contributed by atoms with van der Waals surface area (Å²) < 4.78 is 12.7. The van der Waals surface area contributed by atoms with Gasteiger partial charge in [0, 0.05) is 12.8 Å². The van der Waals surface area contributed by atoms with Crippen molar-refractivity contribution >= 4 is 5.78 Å². The Morgan fingerprint density at radius 2 is 1.61 bits per heavy atom. The minimum Gasteiger partial charge on any atom is -0.299 e. The second kappa shape index (κ2) is 8.84. The summed E-state index contributed by atoms with van der Waals surface area (Å²) in [7, 11) is 0. The molecule has 0 fully saturated rings. The smallest absolute Gasteiger partial charge is 0.137 e. The molecule has 0 N–H and O–H groups in total. The molecule has 0 heterocycles. The van der Waals surface area contributed by atoms with Crippen LogP contribution >= 0.6 is 0 Å². The molecule has 1 aromatic carbocycles. The third kappa shape index (κ3) is 6.53. The van der Waals surface area contributed by atoms with Crippen molar-refractivity contribution in [3.05, 3.63) is 35.6 Å². The maximum absolute atomic E-state index is 12.7. The van der Waals surface area contributed by atoms with E-state index in [9.17, 15) is 9.18 Å². The molecule has 100 valence electrons. The molecule has 0 aromatic heterocycles. The van der Waals surface area contributed by atoms with Crippen molar-refractivity contribution in [3.63, 3.8) is 0 Å². The number of Topliss-reactive ketones (excluding diaryl/α,β-unsaturated/α-hetero) is 1. The third-order valence-corrected chi connectivity index (χ3v) is 3.12. The second-order valence-corrected chi connectivity index (χ2v) is 4.86. The molecule has 0 bridgehead atoms. The Morgan fingerprint density at radius 3 is 2.28 bits per heavy atom. The zero-order chi connectivity index (χ0) is 13.2. The van der Waals surface area contributed by atoms with Crippen molar-refractivity contribution in [1.29, 1.82) is 0 Å². The molecule has 18 heavy (non-hydrogen) atoms. The minimum atomic E-state index is -0.248. The minimum absolute atomic E-state index is 0.248. The van der Waals surface area contributed by atoms with Crippen LogP contribution in [0.4, 0.5) is 4.39 Å². The van der Waals surface area contributed by atoms with Gasteiger partial charge in [0.15, 0.2) is 0 Å². The SMILES string of the molecule is CCCCCCCCC(=O)Cc1ccc(F)cc1. The Bertz CT molecular complexity index is 343. The Hall–Kier alpha value is -1.18. The molecule has 0 saturated heterocycles. The first-order valence-electron chi connectivity index (χ1n) is 6.98. The van der Waals surface area contributed by atoms with E-state index in [1.807, 2.05) is 0 Å². The van der Waals surface area contributed by atoms with Crippen molar-refractivity contribution in [2.24, 2.45) is 0 Å². The van der Waals surface area contributed by atoms with Gasteiger partial charge in [0.25, 0.3) is 0 Å². The van der Waals surface area contributed by atoms with E-state index in [1.165, 1.54) is 37.8 Å². The van der Waals surface area contributed by atoms with Crippen LogP contribution in [0, 0.1) is 5.82 Å². The normalized spacial score (nSPS) is 10.6. The van der Waals surface area contributed by atoms with E-state index >= 15 is 0 Å².